The van der Waals surface area contributed by atoms with Gasteiger partial charge >= 0.3 is 0 Å². The summed E-state index contributed by atoms with van der Waals surface area (Å²) in [5.41, 5.74) is 1.23. The Morgan fingerprint density at radius 3 is 2.86 bits per heavy atom. The van der Waals surface area contributed by atoms with E-state index in [4.69, 9.17) is 9.47 Å². The van der Waals surface area contributed by atoms with E-state index in [1.165, 1.54) is 24.8 Å². The van der Waals surface area contributed by atoms with E-state index in [1.807, 2.05) is 6.26 Å². The zero-order valence-electron chi connectivity index (χ0n) is 9.16. The van der Waals surface area contributed by atoms with E-state index < -0.39 is 0 Å². The van der Waals surface area contributed by atoms with Crippen LogP contribution < -0.4 is 0 Å². The number of allylic oxidation sites excluding steroid dienone is 1. The number of hydrogen-bond acceptors (Lipinski definition) is 2. The Morgan fingerprint density at radius 1 is 1.43 bits per heavy atom. The van der Waals surface area contributed by atoms with Crippen LogP contribution in [0.15, 0.2) is 11.8 Å². The van der Waals surface area contributed by atoms with E-state index in [0.717, 1.165) is 18.9 Å². The van der Waals surface area contributed by atoms with Crippen molar-refractivity contribution < 1.29 is 9.47 Å². The molecule has 0 spiro atoms. The standard InChI is InChI=1S/C12H20O2/c1-9(2)8-13-6-5-10-7-11-3-4-12(10)14-11/h8,10-12H,3-7H2,1-2H3. The predicted molar refractivity (Wildman–Crippen MR) is 56.0 cm³/mol. The Bertz CT molecular complexity index is 218. The molecule has 0 saturated carbocycles. The second kappa shape index (κ2) is 4.35. The van der Waals surface area contributed by atoms with Gasteiger partial charge in [0.15, 0.2) is 0 Å². The number of fused-ring (bicyclic) bond motifs is 2. The van der Waals surface area contributed by atoms with Crippen molar-refractivity contribution in [2.75, 3.05) is 6.61 Å². The van der Waals surface area contributed by atoms with Crippen LogP contribution >= 0.6 is 0 Å². The highest BCUT2D eigenvalue weighted by atomic mass is 16.5. The highest BCUT2D eigenvalue weighted by molar-refractivity contribution is 4.90. The van der Waals surface area contributed by atoms with Crippen molar-refractivity contribution in [3.63, 3.8) is 0 Å². The molecular weight excluding hydrogens is 176 g/mol. The Morgan fingerprint density at radius 2 is 2.29 bits per heavy atom. The minimum absolute atomic E-state index is 0.551. The van der Waals surface area contributed by atoms with Crippen LogP contribution in [-0.4, -0.2) is 18.8 Å². The molecule has 80 valence electrons. The summed E-state index contributed by atoms with van der Waals surface area (Å²) < 4.78 is 11.2. The number of hydrogen-bond donors (Lipinski definition) is 0. The molecule has 2 nitrogen and oxygen atoms in total. The molecule has 0 radical (unpaired) electrons. The monoisotopic (exact) mass is 196 g/mol. The molecule has 14 heavy (non-hydrogen) atoms. The van der Waals surface area contributed by atoms with Gasteiger partial charge in [0.2, 0.25) is 0 Å². The zero-order chi connectivity index (χ0) is 9.97. The van der Waals surface area contributed by atoms with Gasteiger partial charge in [-0.1, -0.05) is 0 Å². The smallest absolute Gasteiger partial charge is 0.0876 e. The van der Waals surface area contributed by atoms with Crippen LogP contribution in [0.5, 0.6) is 0 Å². The van der Waals surface area contributed by atoms with Gasteiger partial charge in [-0.05, 0) is 51.0 Å². The third-order valence-corrected chi connectivity index (χ3v) is 3.16. The van der Waals surface area contributed by atoms with Crippen molar-refractivity contribution in [3.05, 3.63) is 11.8 Å². The molecule has 0 aromatic carbocycles. The highest BCUT2D eigenvalue weighted by Crippen LogP contribution is 2.40. The van der Waals surface area contributed by atoms with Crippen molar-refractivity contribution in [2.45, 2.75) is 51.7 Å². The summed E-state index contributed by atoms with van der Waals surface area (Å²) in [4.78, 5) is 0. The fourth-order valence-corrected chi connectivity index (χ4v) is 2.49. The summed E-state index contributed by atoms with van der Waals surface area (Å²) >= 11 is 0. The van der Waals surface area contributed by atoms with Crippen molar-refractivity contribution in [3.8, 4) is 0 Å². The van der Waals surface area contributed by atoms with Gasteiger partial charge in [-0.2, -0.15) is 0 Å². The van der Waals surface area contributed by atoms with Gasteiger partial charge in [0.25, 0.3) is 0 Å². The van der Waals surface area contributed by atoms with Crippen LogP contribution in [0.25, 0.3) is 0 Å². The lowest BCUT2D eigenvalue weighted by Crippen LogP contribution is -2.17. The van der Waals surface area contributed by atoms with Crippen LogP contribution in [0.4, 0.5) is 0 Å². The normalized spacial score (nSPS) is 34.6. The van der Waals surface area contributed by atoms with Crippen LogP contribution in [0, 0.1) is 5.92 Å². The fourth-order valence-electron chi connectivity index (χ4n) is 2.49. The molecule has 0 amide bonds. The Kier molecular flexibility index (Phi) is 3.12. The molecule has 2 aliphatic heterocycles. The Labute approximate surface area is 86.3 Å². The molecule has 2 aliphatic rings. The average molecular weight is 196 g/mol. The minimum atomic E-state index is 0.551. The highest BCUT2D eigenvalue weighted by Gasteiger charge is 2.40. The van der Waals surface area contributed by atoms with Gasteiger partial charge in [-0.3, -0.25) is 0 Å². The summed E-state index contributed by atoms with van der Waals surface area (Å²) in [7, 11) is 0. The van der Waals surface area contributed by atoms with Gasteiger partial charge < -0.3 is 9.47 Å². The van der Waals surface area contributed by atoms with Crippen LogP contribution in [-0.2, 0) is 9.47 Å². The molecule has 0 aliphatic carbocycles. The van der Waals surface area contributed by atoms with Crippen molar-refractivity contribution in [1.82, 2.24) is 0 Å². The maximum Gasteiger partial charge on any atom is 0.0876 e. The van der Waals surface area contributed by atoms with Gasteiger partial charge in [0, 0.05) is 0 Å². The molecule has 3 unspecified atom stereocenters. The SMILES string of the molecule is CC(C)=COCCC1CC2CCC1O2. The lowest BCUT2D eigenvalue weighted by atomic mass is 9.87. The van der Waals surface area contributed by atoms with E-state index >= 15 is 0 Å². The maximum absolute atomic E-state index is 5.79. The third kappa shape index (κ3) is 2.30. The molecule has 2 rings (SSSR count). The van der Waals surface area contributed by atoms with Crippen LogP contribution in [0.2, 0.25) is 0 Å². The molecule has 2 saturated heterocycles. The molecule has 0 aromatic heterocycles. The maximum atomic E-state index is 5.79. The van der Waals surface area contributed by atoms with Crippen molar-refractivity contribution in [1.29, 1.82) is 0 Å². The largest absolute Gasteiger partial charge is 0.501 e. The fraction of sp³-hybridized carbons (Fsp3) is 0.833. The molecule has 2 bridgehead atoms. The second-order valence-electron chi connectivity index (χ2n) is 4.72. The first-order chi connectivity index (χ1) is 6.75. The Balaban J connectivity index is 1.65. The predicted octanol–water partition coefficient (Wildman–Crippen LogP) is 2.88. The van der Waals surface area contributed by atoms with E-state index in [1.54, 1.807) is 0 Å². The van der Waals surface area contributed by atoms with Crippen molar-refractivity contribution >= 4 is 0 Å². The first-order valence-corrected chi connectivity index (χ1v) is 5.66. The Hall–Kier alpha value is -0.500. The molecule has 2 heteroatoms. The lowest BCUT2D eigenvalue weighted by Gasteiger charge is -2.17. The third-order valence-electron chi connectivity index (χ3n) is 3.16. The van der Waals surface area contributed by atoms with E-state index in [2.05, 4.69) is 13.8 Å². The summed E-state index contributed by atoms with van der Waals surface area (Å²) in [6, 6.07) is 0. The molecule has 2 fully saturated rings. The summed E-state index contributed by atoms with van der Waals surface area (Å²) in [6.07, 6.45) is 7.97. The molecule has 0 N–H and O–H groups in total. The van der Waals surface area contributed by atoms with Gasteiger partial charge in [-0.15, -0.1) is 0 Å². The number of rotatable bonds is 4. The van der Waals surface area contributed by atoms with Crippen LogP contribution in [0.3, 0.4) is 0 Å². The van der Waals surface area contributed by atoms with E-state index in [9.17, 15) is 0 Å². The molecule has 0 aromatic rings. The summed E-state index contributed by atoms with van der Waals surface area (Å²) in [5.74, 6) is 0.763. The first-order valence-electron chi connectivity index (χ1n) is 5.66. The van der Waals surface area contributed by atoms with Crippen molar-refractivity contribution in [2.24, 2.45) is 5.92 Å². The number of ether oxygens (including phenoxy) is 2. The summed E-state index contributed by atoms with van der Waals surface area (Å²) in [5, 5.41) is 0. The minimum Gasteiger partial charge on any atom is -0.501 e. The first kappa shape index (κ1) is 10.0. The van der Waals surface area contributed by atoms with Crippen LogP contribution in [0.1, 0.15) is 39.5 Å². The van der Waals surface area contributed by atoms with E-state index in [-0.39, 0.29) is 0 Å². The zero-order valence-corrected chi connectivity index (χ0v) is 9.16. The lowest BCUT2D eigenvalue weighted by molar-refractivity contribution is 0.0866. The van der Waals surface area contributed by atoms with E-state index in [0.29, 0.717) is 12.2 Å². The second-order valence-corrected chi connectivity index (χ2v) is 4.72. The molecular formula is C12H20O2. The quantitative estimate of drug-likeness (QED) is 0.508. The summed E-state index contributed by atoms with van der Waals surface area (Å²) in [6.45, 7) is 4.96. The molecule has 2 heterocycles. The average Bonchev–Trinajstić information content (AvgIpc) is 2.73. The van der Waals surface area contributed by atoms with Gasteiger partial charge in [0.05, 0.1) is 25.1 Å². The van der Waals surface area contributed by atoms with Gasteiger partial charge in [-0.25, -0.2) is 0 Å². The topological polar surface area (TPSA) is 18.5 Å². The molecule has 3 atom stereocenters. The van der Waals surface area contributed by atoms with Gasteiger partial charge in [0.1, 0.15) is 0 Å².